The maximum Gasteiger partial charge on any atom is 0.416 e. The zero-order chi connectivity index (χ0) is 22.7. The first-order valence-electron chi connectivity index (χ1n) is 10.6. The fraction of sp³-hybridized carbons (Fsp3) is 0.348. The summed E-state index contributed by atoms with van der Waals surface area (Å²) in [5.41, 5.74) is 1.19. The molecular weight excluding hydrogens is 419 g/mol. The van der Waals surface area contributed by atoms with Crippen molar-refractivity contribution in [2.24, 2.45) is 0 Å². The number of anilines is 2. The minimum absolute atomic E-state index is 0.302. The molecule has 0 fully saturated rings. The van der Waals surface area contributed by atoms with E-state index in [2.05, 4.69) is 25.4 Å². The number of halogens is 3. The molecule has 1 unspecified atom stereocenters. The number of benzene rings is 2. The summed E-state index contributed by atoms with van der Waals surface area (Å²) in [6.45, 7) is 2.58. The number of hydrogen-bond donors (Lipinski definition) is 2. The zero-order valence-electron chi connectivity index (χ0n) is 17.6. The van der Waals surface area contributed by atoms with Gasteiger partial charge in [-0.1, -0.05) is 18.6 Å². The first kappa shape index (κ1) is 21.9. The summed E-state index contributed by atoms with van der Waals surface area (Å²) in [4.78, 5) is 12.5. The first-order valence-corrected chi connectivity index (χ1v) is 10.6. The van der Waals surface area contributed by atoms with Crippen molar-refractivity contribution in [3.05, 3.63) is 59.9 Å². The first-order chi connectivity index (χ1) is 15.3. The SMILES string of the molecule is CC(Nc1cccc(-c2nnc3n2CCCCC3)c1)C(=O)Nc1ccc(C(F)(F)F)cc1. The van der Waals surface area contributed by atoms with Gasteiger partial charge in [0.25, 0.3) is 0 Å². The van der Waals surface area contributed by atoms with Crippen molar-refractivity contribution >= 4 is 17.3 Å². The van der Waals surface area contributed by atoms with Gasteiger partial charge in [0.05, 0.1) is 5.56 Å². The van der Waals surface area contributed by atoms with Gasteiger partial charge in [-0.25, -0.2) is 0 Å². The number of aromatic nitrogens is 3. The van der Waals surface area contributed by atoms with Crippen LogP contribution in [-0.2, 0) is 23.9 Å². The maximum atomic E-state index is 12.7. The monoisotopic (exact) mass is 443 g/mol. The van der Waals surface area contributed by atoms with E-state index in [0.29, 0.717) is 5.69 Å². The average Bonchev–Trinajstić information content (AvgIpc) is 3.02. The molecule has 2 aromatic carbocycles. The second kappa shape index (κ2) is 9.02. The summed E-state index contributed by atoms with van der Waals surface area (Å²) in [7, 11) is 0. The molecule has 0 bridgehead atoms. The smallest absolute Gasteiger partial charge is 0.374 e. The van der Waals surface area contributed by atoms with E-state index in [4.69, 9.17) is 0 Å². The molecule has 0 saturated heterocycles. The van der Waals surface area contributed by atoms with Gasteiger partial charge in [0.15, 0.2) is 5.82 Å². The van der Waals surface area contributed by atoms with Crippen LogP contribution in [0.2, 0.25) is 0 Å². The highest BCUT2D eigenvalue weighted by molar-refractivity contribution is 5.96. The molecule has 0 radical (unpaired) electrons. The number of aryl methyl sites for hydroxylation is 1. The molecule has 1 atom stereocenters. The number of amides is 1. The predicted octanol–water partition coefficient (Wildman–Crippen LogP) is 5.13. The Hall–Kier alpha value is -3.36. The molecule has 2 N–H and O–H groups in total. The molecule has 1 aliphatic heterocycles. The Labute approximate surface area is 183 Å². The number of alkyl halides is 3. The second-order valence-electron chi connectivity index (χ2n) is 7.91. The Balaban J connectivity index is 1.43. The molecule has 168 valence electrons. The quantitative estimate of drug-likeness (QED) is 0.574. The van der Waals surface area contributed by atoms with E-state index < -0.39 is 17.8 Å². The minimum atomic E-state index is -4.41. The molecule has 0 spiro atoms. The van der Waals surface area contributed by atoms with Gasteiger partial charge < -0.3 is 15.2 Å². The van der Waals surface area contributed by atoms with E-state index in [-0.39, 0.29) is 5.91 Å². The van der Waals surface area contributed by atoms with Crippen LogP contribution in [0.3, 0.4) is 0 Å². The number of fused-ring (bicyclic) bond motifs is 1. The highest BCUT2D eigenvalue weighted by atomic mass is 19.4. The van der Waals surface area contributed by atoms with Crippen molar-refractivity contribution in [1.29, 1.82) is 0 Å². The van der Waals surface area contributed by atoms with Crippen LogP contribution >= 0.6 is 0 Å². The number of hydrogen-bond acceptors (Lipinski definition) is 4. The third kappa shape index (κ3) is 4.92. The predicted molar refractivity (Wildman–Crippen MR) is 116 cm³/mol. The third-order valence-corrected chi connectivity index (χ3v) is 5.49. The molecule has 32 heavy (non-hydrogen) atoms. The maximum absolute atomic E-state index is 12.7. The fourth-order valence-electron chi connectivity index (χ4n) is 3.76. The molecule has 1 amide bonds. The van der Waals surface area contributed by atoms with E-state index in [1.807, 2.05) is 24.3 Å². The number of carbonyl (C=O) groups excluding carboxylic acids is 1. The van der Waals surface area contributed by atoms with Crippen molar-refractivity contribution in [3.8, 4) is 11.4 Å². The number of rotatable bonds is 5. The van der Waals surface area contributed by atoms with Gasteiger partial charge in [-0.05, 0) is 56.2 Å². The normalized spacial score (nSPS) is 14.9. The van der Waals surface area contributed by atoms with Gasteiger partial charge in [-0.3, -0.25) is 4.79 Å². The Morgan fingerprint density at radius 1 is 1.03 bits per heavy atom. The molecule has 2 heterocycles. The highest BCUT2D eigenvalue weighted by Crippen LogP contribution is 2.30. The third-order valence-electron chi connectivity index (χ3n) is 5.49. The topological polar surface area (TPSA) is 71.8 Å². The summed E-state index contributed by atoms with van der Waals surface area (Å²) < 4.78 is 40.2. The summed E-state index contributed by atoms with van der Waals surface area (Å²) in [6.07, 6.45) is -0.102. The Bertz CT molecular complexity index is 1090. The van der Waals surface area contributed by atoms with Crippen molar-refractivity contribution in [2.45, 2.75) is 51.4 Å². The van der Waals surface area contributed by atoms with Gasteiger partial charge in [0, 0.05) is 29.9 Å². The van der Waals surface area contributed by atoms with E-state index >= 15 is 0 Å². The molecule has 6 nitrogen and oxygen atoms in total. The van der Waals surface area contributed by atoms with E-state index in [1.54, 1.807) is 6.92 Å². The van der Waals surface area contributed by atoms with Crippen LogP contribution in [0.5, 0.6) is 0 Å². The van der Waals surface area contributed by atoms with E-state index in [0.717, 1.165) is 60.8 Å². The Morgan fingerprint density at radius 2 is 1.81 bits per heavy atom. The molecule has 9 heteroatoms. The number of nitrogens with zero attached hydrogens (tertiary/aromatic N) is 3. The minimum Gasteiger partial charge on any atom is -0.374 e. The van der Waals surface area contributed by atoms with Crippen molar-refractivity contribution in [3.63, 3.8) is 0 Å². The molecule has 1 aliphatic rings. The van der Waals surface area contributed by atoms with Crippen LogP contribution in [0, 0.1) is 0 Å². The Kier molecular flexibility index (Phi) is 6.16. The average molecular weight is 443 g/mol. The fourth-order valence-corrected chi connectivity index (χ4v) is 3.76. The lowest BCUT2D eigenvalue weighted by Gasteiger charge is -2.16. The molecular formula is C23H24F3N5O. The van der Waals surface area contributed by atoms with Crippen LogP contribution in [0.25, 0.3) is 11.4 Å². The van der Waals surface area contributed by atoms with Crippen LogP contribution in [-0.4, -0.2) is 26.7 Å². The van der Waals surface area contributed by atoms with E-state index in [1.165, 1.54) is 18.6 Å². The van der Waals surface area contributed by atoms with Gasteiger partial charge in [-0.15, -0.1) is 10.2 Å². The highest BCUT2D eigenvalue weighted by Gasteiger charge is 2.30. The lowest BCUT2D eigenvalue weighted by atomic mass is 10.1. The lowest BCUT2D eigenvalue weighted by Crippen LogP contribution is -2.31. The molecule has 0 aliphatic carbocycles. The van der Waals surface area contributed by atoms with Crippen molar-refractivity contribution in [1.82, 2.24) is 14.8 Å². The van der Waals surface area contributed by atoms with Gasteiger partial charge in [0.2, 0.25) is 5.91 Å². The number of nitrogens with one attached hydrogen (secondary N) is 2. The zero-order valence-corrected chi connectivity index (χ0v) is 17.6. The van der Waals surface area contributed by atoms with Gasteiger partial charge in [0.1, 0.15) is 11.9 Å². The summed E-state index contributed by atoms with van der Waals surface area (Å²) in [6, 6.07) is 11.4. The lowest BCUT2D eigenvalue weighted by molar-refractivity contribution is -0.137. The van der Waals surface area contributed by atoms with Crippen molar-refractivity contribution < 1.29 is 18.0 Å². The van der Waals surface area contributed by atoms with Gasteiger partial charge in [-0.2, -0.15) is 13.2 Å². The molecule has 0 saturated carbocycles. The van der Waals surface area contributed by atoms with Crippen molar-refractivity contribution in [2.75, 3.05) is 10.6 Å². The van der Waals surface area contributed by atoms with Crippen LogP contribution < -0.4 is 10.6 Å². The Morgan fingerprint density at radius 3 is 2.56 bits per heavy atom. The standard InChI is InChI=1S/C23H24F3N5O/c1-15(22(32)28-18-11-9-17(10-12-18)23(24,25)26)27-19-7-5-6-16(14-19)21-30-29-20-8-3-2-4-13-31(20)21/h5-7,9-12,14-15,27H,2-4,8,13H2,1H3,(H,28,32). The van der Waals surface area contributed by atoms with Crippen LogP contribution in [0.15, 0.2) is 48.5 Å². The largest absolute Gasteiger partial charge is 0.416 e. The van der Waals surface area contributed by atoms with Gasteiger partial charge >= 0.3 is 6.18 Å². The molecule has 3 aromatic rings. The summed E-state index contributed by atoms with van der Waals surface area (Å²) in [5.74, 6) is 1.46. The summed E-state index contributed by atoms with van der Waals surface area (Å²) in [5, 5.41) is 14.5. The molecule has 1 aromatic heterocycles. The van der Waals surface area contributed by atoms with E-state index in [9.17, 15) is 18.0 Å². The second-order valence-corrected chi connectivity index (χ2v) is 7.91. The number of carbonyl (C=O) groups is 1. The molecule has 4 rings (SSSR count). The summed E-state index contributed by atoms with van der Waals surface area (Å²) >= 11 is 0. The van der Waals surface area contributed by atoms with Crippen LogP contribution in [0.4, 0.5) is 24.5 Å². The van der Waals surface area contributed by atoms with Crippen LogP contribution in [0.1, 0.15) is 37.6 Å².